The maximum absolute atomic E-state index is 5.79. The van der Waals surface area contributed by atoms with E-state index in [4.69, 9.17) is 9.47 Å². The summed E-state index contributed by atoms with van der Waals surface area (Å²) in [5.74, 6) is 4.09. The Balaban J connectivity index is 2.49. The molecule has 0 aromatic heterocycles. The first kappa shape index (κ1) is 14.7. The Morgan fingerprint density at radius 1 is 1.35 bits per heavy atom. The molecule has 17 heavy (non-hydrogen) atoms. The molecule has 0 heterocycles. The van der Waals surface area contributed by atoms with Crippen LogP contribution in [0.4, 0.5) is 0 Å². The average Bonchev–Trinajstić information content (AvgIpc) is 2.38. The fourth-order valence-electron chi connectivity index (χ4n) is 1.39. The lowest BCUT2D eigenvalue weighted by Crippen LogP contribution is -2.01. The lowest BCUT2D eigenvalue weighted by Gasteiger charge is -2.11. The molecule has 0 aliphatic carbocycles. The van der Waals surface area contributed by atoms with Gasteiger partial charge in [-0.15, -0.1) is 0 Å². The number of alkyl halides is 1. The Kier molecular flexibility index (Phi) is 7.53. The number of hydrogen-bond donors (Lipinski definition) is 0. The average molecular weight is 319 g/mol. The number of ether oxygens (including phenoxy) is 2. The van der Waals surface area contributed by atoms with Crippen molar-refractivity contribution in [3.05, 3.63) is 23.8 Å². The van der Waals surface area contributed by atoms with E-state index in [1.807, 2.05) is 30.0 Å². The van der Waals surface area contributed by atoms with Crippen LogP contribution in [0.15, 0.2) is 18.2 Å². The Bertz CT molecular complexity index is 331. The van der Waals surface area contributed by atoms with E-state index in [2.05, 4.69) is 22.9 Å². The summed E-state index contributed by atoms with van der Waals surface area (Å²) in [4.78, 5) is 0. The van der Waals surface area contributed by atoms with Gasteiger partial charge in [0.2, 0.25) is 0 Å². The van der Waals surface area contributed by atoms with Crippen LogP contribution in [-0.2, 0) is 5.33 Å². The van der Waals surface area contributed by atoms with Crippen molar-refractivity contribution in [3.63, 3.8) is 0 Å². The van der Waals surface area contributed by atoms with Crippen molar-refractivity contribution in [2.24, 2.45) is 0 Å². The molecule has 0 saturated heterocycles. The first-order chi connectivity index (χ1) is 8.31. The summed E-state index contributed by atoms with van der Waals surface area (Å²) < 4.78 is 11.0. The van der Waals surface area contributed by atoms with Crippen molar-refractivity contribution >= 4 is 27.7 Å². The summed E-state index contributed by atoms with van der Waals surface area (Å²) in [6, 6.07) is 5.93. The van der Waals surface area contributed by atoms with E-state index in [-0.39, 0.29) is 0 Å². The normalized spacial score (nSPS) is 10.3. The maximum atomic E-state index is 5.79. The summed E-state index contributed by atoms with van der Waals surface area (Å²) in [5.41, 5.74) is 1.16. The Morgan fingerprint density at radius 3 is 2.82 bits per heavy atom. The highest BCUT2D eigenvalue weighted by molar-refractivity contribution is 9.08. The minimum Gasteiger partial charge on any atom is -0.497 e. The standard InChI is InChI=1S/C13H19BrO2S/c1-3-17-8-4-7-16-13-9-12(15-2)6-5-11(13)10-14/h5-6,9H,3-4,7-8,10H2,1-2H3. The third kappa shape index (κ3) is 5.21. The van der Waals surface area contributed by atoms with E-state index in [9.17, 15) is 0 Å². The van der Waals surface area contributed by atoms with E-state index in [1.54, 1.807) is 7.11 Å². The molecule has 96 valence electrons. The van der Waals surface area contributed by atoms with Crippen LogP contribution >= 0.6 is 27.7 Å². The molecule has 0 aliphatic rings. The number of rotatable bonds is 8. The summed E-state index contributed by atoms with van der Waals surface area (Å²) in [7, 11) is 1.67. The van der Waals surface area contributed by atoms with Gasteiger partial charge in [-0.3, -0.25) is 0 Å². The van der Waals surface area contributed by atoms with Crippen molar-refractivity contribution in [1.29, 1.82) is 0 Å². The van der Waals surface area contributed by atoms with Crippen LogP contribution in [-0.4, -0.2) is 25.2 Å². The molecule has 2 nitrogen and oxygen atoms in total. The molecule has 0 bridgehead atoms. The molecule has 4 heteroatoms. The molecule has 0 saturated carbocycles. The zero-order valence-corrected chi connectivity index (χ0v) is 12.8. The summed E-state index contributed by atoms with van der Waals surface area (Å²) in [6.45, 7) is 2.94. The molecule has 0 spiro atoms. The van der Waals surface area contributed by atoms with Gasteiger partial charge in [-0.05, 0) is 24.0 Å². The van der Waals surface area contributed by atoms with Gasteiger partial charge in [-0.1, -0.05) is 28.9 Å². The highest BCUT2D eigenvalue weighted by Gasteiger charge is 2.04. The van der Waals surface area contributed by atoms with Crippen molar-refractivity contribution in [3.8, 4) is 11.5 Å². The molecule has 1 aromatic rings. The predicted octanol–water partition coefficient (Wildman–Crippen LogP) is 4.11. The van der Waals surface area contributed by atoms with Crippen molar-refractivity contribution < 1.29 is 9.47 Å². The molecular formula is C13H19BrO2S. The summed E-state index contributed by atoms with van der Waals surface area (Å²) >= 11 is 5.41. The minimum atomic E-state index is 0.764. The molecular weight excluding hydrogens is 300 g/mol. The van der Waals surface area contributed by atoms with Gasteiger partial charge < -0.3 is 9.47 Å². The largest absolute Gasteiger partial charge is 0.497 e. The number of benzene rings is 1. The molecule has 0 radical (unpaired) electrons. The van der Waals surface area contributed by atoms with Gasteiger partial charge in [0.05, 0.1) is 13.7 Å². The molecule has 0 fully saturated rings. The van der Waals surface area contributed by atoms with Gasteiger partial charge in [0.1, 0.15) is 11.5 Å². The first-order valence-corrected chi connectivity index (χ1v) is 8.02. The molecule has 0 amide bonds. The summed E-state index contributed by atoms with van der Waals surface area (Å²) in [5, 5.41) is 0.802. The van der Waals surface area contributed by atoms with E-state index in [1.165, 1.54) is 5.75 Å². The minimum absolute atomic E-state index is 0.764. The van der Waals surface area contributed by atoms with Crippen LogP contribution < -0.4 is 9.47 Å². The van der Waals surface area contributed by atoms with E-state index >= 15 is 0 Å². The second-order valence-corrected chi connectivity index (χ2v) is 5.46. The van der Waals surface area contributed by atoms with E-state index < -0.39 is 0 Å². The smallest absolute Gasteiger partial charge is 0.127 e. The van der Waals surface area contributed by atoms with Crippen LogP contribution in [0.2, 0.25) is 0 Å². The fourth-order valence-corrected chi connectivity index (χ4v) is 2.47. The molecule has 0 unspecified atom stereocenters. The van der Waals surface area contributed by atoms with Crippen molar-refractivity contribution in [2.75, 3.05) is 25.2 Å². The van der Waals surface area contributed by atoms with Gasteiger partial charge in [-0.25, -0.2) is 0 Å². The van der Waals surface area contributed by atoms with Gasteiger partial charge in [0, 0.05) is 17.0 Å². The summed E-state index contributed by atoms with van der Waals surface area (Å²) in [6.07, 6.45) is 1.08. The number of halogens is 1. The topological polar surface area (TPSA) is 18.5 Å². The maximum Gasteiger partial charge on any atom is 0.127 e. The first-order valence-electron chi connectivity index (χ1n) is 5.75. The van der Waals surface area contributed by atoms with Gasteiger partial charge in [-0.2, -0.15) is 11.8 Å². The monoisotopic (exact) mass is 318 g/mol. The van der Waals surface area contributed by atoms with Crippen molar-refractivity contribution in [2.45, 2.75) is 18.7 Å². The second kappa shape index (κ2) is 8.70. The number of hydrogen-bond acceptors (Lipinski definition) is 3. The highest BCUT2D eigenvalue weighted by Crippen LogP contribution is 2.26. The Morgan fingerprint density at radius 2 is 2.18 bits per heavy atom. The Labute approximate surface area is 116 Å². The predicted molar refractivity (Wildman–Crippen MR) is 78.7 cm³/mol. The fraction of sp³-hybridized carbons (Fsp3) is 0.538. The molecule has 1 rings (SSSR count). The van der Waals surface area contributed by atoms with Crippen molar-refractivity contribution in [1.82, 2.24) is 0 Å². The van der Waals surface area contributed by atoms with Gasteiger partial charge in [0.25, 0.3) is 0 Å². The lowest BCUT2D eigenvalue weighted by atomic mass is 10.2. The zero-order valence-electron chi connectivity index (χ0n) is 10.4. The number of methoxy groups -OCH3 is 1. The third-order valence-electron chi connectivity index (χ3n) is 2.31. The third-order valence-corrected chi connectivity index (χ3v) is 3.90. The zero-order chi connectivity index (χ0) is 12.5. The number of thioether (sulfide) groups is 1. The van der Waals surface area contributed by atoms with Crippen LogP contribution in [0.25, 0.3) is 0 Å². The van der Waals surface area contributed by atoms with Gasteiger partial charge in [0.15, 0.2) is 0 Å². The molecule has 1 aromatic carbocycles. The molecule has 0 aliphatic heterocycles. The van der Waals surface area contributed by atoms with Crippen LogP contribution in [0.5, 0.6) is 11.5 Å². The highest BCUT2D eigenvalue weighted by atomic mass is 79.9. The van der Waals surface area contributed by atoms with Gasteiger partial charge >= 0.3 is 0 Å². The SMILES string of the molecule is CCSCCCOc1cc(OC)ccc1CBr. The van der Waals surface area contributed by atoms with Crippen LogP contribution in [0.1, 0.15) is 18.9 Å². The Hall–Kier alpha value is -0.350. The van der Waals surface area contributed by atoms with E-state index in [0.29, 0.717) is 0 Å². The van der Waals surface area contributed by atoms with E-state index in [0.717, 1.165) is 41.2 Å². The lowest BCUT2D eigenvalue weighted by molar-refractivity contribution is 0.313. The second-order valence-electron chi connectivity index (χ2n) is 3.51. The molecule has 0 atom stereocenters. The van der Waals surface area contributed by atoms with Crippen LogP contribution in [0.3, 0.4) is 0 Å². The quantitative estimate of drug-likeness (QED) is 0.531. The molecule has 0 N–H and O–H groups in total. The van der Waals surface area contributed by atoms with Crippen LogP contribution in [0, 0.1) is 0 Å².